The number of urea groups is 1. The van der Waals surface area contributed by atoms with E-state index < -0.39 is 11.8 Å². The van der Waals surface area contributed by atoms with Gasteiger partial charge in [0, 0.05) is 38.4 Å². The minimum atomic E-state index is -0.594. The Labute approximate surface area is 226 Å². The lowest BCUT2D eigenvalue weighted by Crippen LogP contribution is -2.43. The van der Waals surface area contributed by atoms with Crippen LogP contribution >= 0.6 is 22.9 Å². The molecular weight excluding hydrogens is 529 g/mol. The molecule has 194 valence electrons. The largest absolute Gasteiger partial charge is 0.332 e. The number of likely N-dealkylation sites (N-methyl/N-ethyl adjacent to an activating group) is 1. The zero-order valence-corrected chi connectivity index (χ0v) is 21.9. The Balaban J connectivity index is 1.24. The Morgan fingerprint density at radius 1 is 1.13 bits per heavy atom. The van der Waals surface area contributed by atoms with Crippen LogP contribution in [0.3, 0.4) is 0 Å². The van der Waals surface area contributed by atoms with E-state index in [0.29, 0.717) is 38.0 Å². The predicted molar refractivity (Wildman–Crippen MR) is 147 cm³/mol. The highest BCUT2D eigenvalue weighted by atomic mass is 35.5. The molecule has 2 N–H and O–H groups in total. The van der Waals surface area contributed by atoms with Crippen molar-refractivity contribution in [1.29, 1.82) is 0 Å². The van der Waals surface area contributed by atoms with Gasteiger partial charge in [0.15, 0.2) is 5.82 Å². The maximum Gasteiger partial charge on any atom is 0.332 e. The minimum absolute atomic E-state index is 0.119. The summed E-state index contributed by atoms with van der Waals surface area (Å²) in [5.41, 5.74) is 2.52. The predicted octanol–water partition coefficient (Wildman–Crippen LogP) is 5.17. The van der Waals surface area contributed by atoms with Crippen LogP contribution in [0.15, 0.2) is 48.8 Å². The average molecular weight is 552 g/mol. The molecule has 0 radical (unpaired) electrons. The second-order valence-electron chi connectivity index (χ2n) is 9.28. The molecule has 0 unspecified atom stereocenters. The first kappa shape index (κ1) is 24.7. The van der Waals surface area contributed by atoms with E-state index in [1.165, 1.54) is 35.0 Å². The summed E-state index contributed by atoms with van der Waals surface area (Å²) >= 11 is 7.11. The van der Waals surface area contributed by atoms with Gasteiger partial charge < -0.3 is 15.5 Å². The van der Waals surface area contributed by atoms with Crippen LogP contribution in [0.25, 0.3) is 10.2 Å². The molecule has 2 aromatic heterocycles. The van der Waals surface area contributed by atoms with Gasteiger partial charge in [-0.2, -0.15) is 0 Å². The fourth-order valence-corrected chi connectivity index (χ4v) is 5.80. The topological polar surface area (TPSA) is 93.7 Å². The molecule has 1 fully saturated rings. The van der Waals surface area contributed by atoms with Crippen LogP contribution in [0.1, 0.15) is 15.2 Å². The van der Waals surface area contributed by atoms with Gasteiger partial charge in [0.05, 0.1) is 21.8 Å². The number of nitrogens with zero attached hydrogens (tertiary/aromatic N) is 5. The number of carbonyl (C=O) groups excluding carboxylic acids is 2. The maximum absolute atomic E-state index is 13.7. The van der Waals surface area contributed by atoms with Crippen molar-refractivity contribution >= 4 is 68.0 Å². The Hall–Kier alpha value is -3.64. The smallest absolute Gasteiger partial charge is 0.321 e. The highest BCUT2D eigenvalue weighted by Crippen LogP contribution is 2.45. The zero-order chi connectivity index (χ0) is 26.4. The Kier molecular flexibility index (Phi) is 6.44. The van der Waals surface area contributed by atoms with E-state index in [4.69, 9.17) is 11.6 Å². The molecule has 0 spiro atoms. The van der Waals surface area contributed by atoms with E-state index in [2.05, 4.69) is 37.4 Å². The molecule has 3 amide bonds. The minimum Gasteiger partial charge on any atom is -0.321 e. The number of benzene rings is 2. The second-order valence-corrected chi connectivity index (χ2v) is 10.7. The van der Waals surface area contributed by atoms with Crippen molar-refractivity contribution in [3.05, 3.63) is 70.1 Å². The number of halogens is 2. The standard InChI is InChI=1S/C26H23ClFN7O2S/c1-33-8-10-34(11-9-33)13-15-2-4-16(5-3-15)31-24(36)22-21-20-23(29-14-30-25(20)38-22)35(26(37)32-21)17-6-7-19(28)18(27)12-17/h2-7,12,14H,8-11,13H2,1H3,(H,31,36)(H,32,37). The van der Waals surface area contributed by atoms with E-state index in [9.17, 15) is 14.0 Å². The van der Waals surface area contributed by atoms with Crippen molar-refractivity contribution in [2.24, 2.45) is 0 Å². The number of aromatic nitrogens is 2. The zero-order valence-electron chi connectivity index (χ0n) is 20.4. The van der Waals surface area contributed by atoms with E-state index >= 15 is 0 Å². The summed E-state index contributed by atoms with van der Waals surface area (Å²) in [4.78, 5) is 41.9. The lowest BCUT2D eigenvalue weighted by Gasteiger charge is -2.32. The highest BCUT2D eigenvalue weighted by Gasteiger charge is 2.34. The van der Waals surface area contributed by atoms with Crippen molar-refractivity contribution in [3.63, 3.8) is 0 Å². The molecular formula is C26H23ClFN7O2S. The fraction of sp³-hybridized carbons (Fsp3) is 0.231. The molecule has 0 atom stereocenters. The van der Waals surface area contributed by atoms with Gasteiger partial charge in [-0.25, -0.2) is 24.1 Å². The van der Waals surface area contributed by atoms with Crippen LogP contribution in [0, 0.1) is 5.82 Å². The Morgan fingerprint density at radius 2 is 1.89 bits per heavy atom. The number of hydrogen-bond acceptors (Lipinski definition) is 7. The average Bonchev–Trinajstić information content (AvgIpc) is 3.28. The van der Waals surface area contributed by atoms with Crippen LogP contribution < -0.4 is 15.5 Å². The number of carbonyl (C=O) groups is 2. The van der Waals surface area contributed by atoms with E-state index in [-0.39, 0.29) is 10.9 Å². The van der Waals surface area contributed by atoms with Gasteiger partial charge in [0.1, 0.15) is 21.9 Å². The molecule has 38 heavy (non-hydrogen) atoms. The van der Waals surface area contributed by atoms with E-state index in [1.807, 2.05) is 24.3 Å². The lowest BCUT2D eigenvalue weighted by atomic mass is 10.1. The number of amides is 3. The second kappa shape index (κ2) is 9.91. The van der Waals surface area contributed by atoms with Crippen LogP contribution in [-0.2, 0) is 6.54 Å². The molecule has 9 nitrogen and oxygen atoms in total. The van der Waals surface area contributed by atoms with Crippen LogP contribution in [0.2, 0.25) is 5.02 Å². The summed E-state index contributed by atoms with van der Waals surface area (Å²) < 4.78 is 13.7. The van der Waals surface area contributed by atoms with E-state index in [1.54, 1.807) is 0 Å². The number of anilines is 4. The number of hydrogen-bond donors (Lipinski definition) is 2. The summed E-state index contributed by atoms with van der Waals surface area (Å²) in [6.45, 7) is 5.05. The maximum atomic E-state index is 13.7. The summed E-state index contributed by atoms with van der Waals surface area (Å²) in [6, 6.07) is 11.2. The molecule has 2 aliphatic rings. The third-order valence-electron chi connectivity index (χ3n) is 6.70. The van der Waals surface area contributed by atoms with Gasteiger partial charge in [0.25, 0.3) is 5.91 Å². The number of rotatable bonds is 5. The van der Waals surface area contributed by atoms with Crippen LogP contribution in [0.4, 0.5) is 32.1 Å². The van der Waals surface area contributed by atoms with E-state index in [0.717, 1.165) is 44.1 Å². The lowest BCUT2D eigenvalue weighted by molar-refractivity contribution is 0.103. The Bertz CT molecular complexity index is 1550. The summed E-state index contributed by atoms with van der Waals surface area (Å²) in [7, 11) is 2.13. The van der Waals surface area contributed by atoms with Crippen molar-refractivity contribution in [3.8, 4) is 0 Å². The molecule has 0 saturated carbocycles. The highest BCUT2D eigenvalue weighted by molar-refractivity contribution is 7.21. The van der Waals surface area contributed by atoms with Crippen molar-refractivity contribution in [2.45, 2.75) is 6.54 Å². The summed E-state index contributed by atoms with van der Waals surface area (Å²) in [6.07, 6.45) is 1.33. The van der Waals surface area contributed by atoms with Gasteiger partial charge in [-0.3, -0.25) is 9.69 Å². The molecule has 12 heteroatoms. The number of thiophene rings is 1. The summed E-state index contributed by atoms with van der Waals surface area (Å²) in [5.74, 6) is -0.664. The van der Waals surface area contributed by atoms with Crippen molar-refractivity contribution in [2.75, 3.05) is 48.8 Å². The molecule has 4 heterocycles. The fourth-order valence-electron chi connectivity index (χ4n) is 4.63. The molecule has 2 aromatic carbocycles. The van der Waals surface area contributed by atoms with Gasteiger partial charge in [-0.15, -0.1) is 11.3 Å². The monoisotopic (exact) mass is 551 g/mol. The molecule has 6 rings (SSSR count). The first-order valence-electron chi connectivity index (χ1n) is 12.0. The Morgan fingerprint density at radius 3 is 2.63 bits per heavy atom. The molecule has 0 aliphatic carbocycles. The molecule has 0 bridgehead atoms. The first-order valence-corrected chi connectivity index (χ1v) is 13.2. The van der Waals surface area contributed by atoms with Crippen LogP contribution in [-0.4, -0.2) is 64.9 Å². The SMILES string of the molecule is CN1CCN(Cc2ccc(NC(=O)c3sc4ncnc5c4c3NC(=O)N5c3ccc(F)c(Cl)c3)cc2)CC1. The van der Waals surface area contributed by atoms with Crippen molar-refractivity contribution < 1.29 is 14.0 Å². The number of piperazine rings is 1. The first-order chi connectivity index (χ1) is 18.4. The van der Waals surface area contributed by atoms with Gasteiger partial charge >= 0.3 is 6.03 Å². The van der Waals surface area contributed by atoms with Gasteiger partial charge in [0.2, 0.25) is 0 Å². The number of nitrogens with one attached hydrogen (secondary N) is 2. The third-order valence-corrected chi connectivity index (χ3v) is 8.08. The van der Waals surface area contributed by atoms with Crippen molar-refractivity contribution in [1.82, 2.24) is 19.8 Å². The molecule has 2 aliphatic heterocycles. The summed E-state index contributed by atoms with van der Waals surface area (Å²) in [5, 5.41) is 6.13. The third kappa shape index (κ3) is 4.58. The molecule has 4 aromatic rings. The van der Waals surface area contributed by atoms with Crippen LogP contribution in [0.5, 0.6) is 0 Å². The van der Waals surface area contributed by atoms with Gasteiger partial charge in [-0.1, -0.05) is 23.7 Å². The quantitative estimate of drug-likeness (QED) is 0.355. The molecule has 1 saturated heterocycles. The van der Waals surface area contributed by atoms with Gasteiger partial charge in [-0.05, 0) is 42.9 Å². The normalized spacial score (nSPS) is 16.1.